The fraction of sp³-hybridized carbons (Fsp3) is 0.350. The van der Waals surface area contributed by atoms with Crippen molar-refractivity contribution in [1.29, 1.82) is 0 Å². The number of aromatic amines is 1. The molecule has 1 aliphatic rings. The molecule has 0 unspecified atom stereocenters. The zero-order chi connectivity index (χ0) is 21.6. The number of benzene rings is 1. The smallest absolute Gasteiger partial charge is 0.342 e. The first-order chi connectivity index (χ1) is 14.9. The van der Waals surface area contributed by atoms with Crippen molar-refractivity contribution in [2.75, 3.05) is 32.7 Å². The van der Waals surface area contributed by atoms with Gasteiger partial charge in [0.05, 0.1) is 11.0 Å². The van der Waals surface area contributed by atoms with Gasteiger partial charge in [-0.15, -0.1) is 0 Å². The van der Waals surface area contributed by atoms with Gasteiger partial charge in [0.15, 0.2) is 17.3 Å². The lowest BCUT2D eigenvalue weighted by Crippen LogP contribution is -2.44. The van der Waals surface area contributed by atoms with Crippen LogP contribution in [0.5, 0.6) is 0 Å². The third kappa shape index (κ3) is 3.75. The number of fused-ring (bicyclic) bond motifs is 3. The molecule has 0 aliphatic carbocycles. The maximum atomic E-state index is 13.9. The Morgan fingerprint density at radius 3 is 2.61 bits per heavy atom. The largest absolute Gasteiger partial charge is 0.435 e. The molecule has 4 heterocycles. The number of hydrogen-bond acceptors (Lipinski definition) is 5. The van der Waals surface area contributed by atoms with Gasteiger partial charge >= 0.3 is 6.18 Å². The standard InChI is InChI=1S/C20H19ClF3N7/c21-12-1-2-13-14(11-12)28-17(20(22,23)24)15-16(13)31(10-9-30-7-5-25-6-8-30)19(29-15)18-26-3-4-27-18/h1-4,11,25H,5-10H2,(H,26,27). The van der Waals surface area contributed by atoms with E-state index in [0.29, 0.717) is 40.7 Å². The van der Waals surface area contributed by atoms with Crippen molar-refractivity contribution in [2.24, 2.45) is 0 Å². The quantitative estimate of drug-likeness (QED) is 0.498. The summed E-state index contributed by atoms with van der Waals surface area (Å²) in [5, 5.41) is 4.20. The molecule has 1 saturated heterocycles. The lowest BCUT2D eigenvalue weighted by Gasteiger charge is -2.27. The number of H-pyrrole nitrogens is 1. The SMILES string of the molecule is FC(F)(F)c1nc2cc(Cl)ccc2c2c1nc(-c1ncc[nH]1)n2CCN1CCNCC1. The van der Waals surface area contributed by atoms with Gasteiger partial charge in [0, 0.05) is 62.1 Å². The number of halogens is 4. The Balaban J connectivity index is 1.75. The lowest BCUT2D eigenvalue weighted by atomic mass is 10.1. The molecular weight excluding hydrogens is 431 g/mol. The van der Waals surface area contributed by atoms with Crippen molar-refractivity contribution in [2.45, 2.75) is 12.7 Å². The first kappa shape index (κ1) is 20.2. The summed E-state index contributed by atoms with van der Waals surface area (Å²) >= 11 is 6.05. The summed E-state index contributed by atoms with van der Waals surface area (Å²) in [5.74, 6) is 0.761. The Morgan fingerprint density at radius 2 is 1.90 bits per heavy atom. The molecule has 7 nitrogen and oxygen atoms in total. The highest BCUT2D eigenvalue weighted by Gasteiger charge is 2.38. The van der Waals surface area contributed by atoms with E-state index in [-0.39, 0.29) is 11.0 Å². The molecule has 0 atom stereocenters. The van der Waals surface area contributed by atoms with Gasteiger partial charge in [0.2, 0.25) is 0 Å². The summed E-state index contributed by atoms with van der Waals surface area (Å²) < 4.78 is 43.6. The van der Waals surface area contributed by atoms with Crippen LogP contribution in [0.4, 0.5) is 13.2 Å². The van der Waals surface area contributed by atoms with Gasteiger partial charge in [-0.05, 0) is 18.2 Å². The molecule has 1 aliphatic heterocycles. The van der Waals surface area contributed by atoms with Gasteiger partial charge in [0.25, 0.3) is 0 Å². The molecule has 4 aromatic rings. The van der Waals surface area contributed by atoms with Gasteiger partial charge in [0.1, 0.15) is 5.52 Å². The van der Waals surface area contributed by atoms with Gasteiger partial charge in [-0.1, -0.05) is 11.6 Å². The van der Waals surface area contributed by atoms with Crippen LogP contribution in [0.25, 0.3) is 33.6 Å². The molecule has 31 heavy (non-hydrogen) atoms. The van der Waals surface area contributed by atoms with Crippen molar-refractivity contribution in [1.82, 2.24) is 34.7 Å². The number of nitrogens with one attached hydrogen (secondary N) is 2. The fourth-order valence-electron chi connectivity index (χ4n) is 4.02. The van der Waals surface area contributed by atoms with E-state index < -0.39 is 11.9 Å². The number of nitrogens with zero attached hydrogens (tertiary/aromatic N) is 5. The Hall–Kier alpha value is -2.69. The van der Waals surface area contributed by atoms with E-state index in [4.69, 9.17) is 11.6 Å². The summed E-state index contributed by atoms with van der Waals surface area (Å²) in [6.45, 7) is 4.69. The van der Waals surface area contributed by atoms with Crippen LogP contribution in [0.2, 0.25) is 5.02 Å². The second kappa shape index (κ2) is 7.77. The van der Waals surface area contributed by atoms with E-state index in [0.717, 1.165) is 26.2 Å². The molecule has 3 aromatic heterocycles. The van der Waals surface area contributed by atoms with E-state index in [1.807, 2.05) is 4.57 Å². The van der Waals surface area contributed by atoms with Crippen LogP contribution in [0, 0.1) is 0 Å². The Morgan fingerprint density at radius 1 is 1.10 bits per heavy atom. The highest BCUT2D eigenvalue weighted by Crippen LogP contribution is 2.38. The van der Waals surface area contributed by atoms with Crippen molar-refractivity contribution in [3.05, 3.63) is 41.3 Å². The molecular formula is C20H19ClF3N7. The highest BCUT2D eigenvalue weighted by molar-refractivity contribution is 6.31. The number of rotatable bonds is 4. The Labute approximate surface area is 180 Å². The van der Waals surface area contributed by atoms with Crippen molar-refractivity contribution in [3.63, 3.8) is 0 Å². The molecule has 0 radical (unpaired) electrons. The molecule has 0 bridgehead atoms. The molecule has 162 valence electrons. The maximum absolute atomic E-state index is 13.9. The molecule has 0 saturated carbocycles. The molecule has 1 fully saturated rings. The maximum Gasteiger partial charge on any atom is 0.435 e. The zero-order valence-electron chi connectivity index (χ0n) is 16.4. The minimum atomic E-state index is -4.66. The van der Waals surface area contributed by atoms with Crippen LogP contribution in [-0.2, 0) is 12.7 Å². The summed E-state index contributed by atoms with van der Waals surface area (Å²) in [4.78, 5) is 17.7. The van der Waals surface area contributed by atoms with Crippen molar-refractivity contribution < 1.29 is 13.2 Å². The molecule has 0 spiro atoms. The number of hydrogen-bond donors (Lipinski definition) is 2. The first-order valence-corrected chi connectivity index (χ1v) is 10.3. The normalized spacial score (nSPS) is 15.9. The Kier molecular flexibility index (Phi) is 5.07. The van der Waals surface area contributed by atoms with Crippen molar-refractivity contribution in [3.8, 4) is 11.6 Å². The predicted molar refractivity (Wildman–Crippen MR) is 112 cm³/mol. The number of aromatic nitrogens is 5. The van der Waals surface area contributed by atoms with Gasteiger partial charge < -0.3 is 14.9 Å². The zero-order valence-corrected chi connectivity index (χ0v) is 17.1. The number of imidazole rings is 2. The molecule has 11 heteroatoms. The summed E-state index contributed by atoms with van der Waals surface area (Å²) in [6.07, 6.45) is -1.49. The second-order valence-corrected chi connectivity index (χ2v) is 7.87. The number of piperazine rings is 1. The van der Waals surface area contributed by atoms with E-state index in [2.05, 4.69) is 30.2 Å². The molecule has 1 aromatic carbocycles. The lowest BCUT2D eigenvalue weighted by molar-refractivity contribution is -0.139. The fourth-order valence-corrected chi connectivity index (χ4v) is 4.19. The minimum absolute atomic E-state index is 0.182. The predicted octanol–water partition coefficient (Wildman–Crippen LogP) is 3.55. The van der Waals surface area contributed by atoms with Crippen LogP contribution in [-0.4, -0.2) is 62.1 Å². The average Bonchev–Trinajstić information content (AvgIpc) is 3.39. The third-order valence-corrected chi connectivity index (χ3v) is 5.70. The van der Waals surface area contributed by atoms with Crippen LogP contribution >= 0.6 is 11.6 Å². The van der Waals surface area contributed by atoms with Gasteiger partial charge in [-0.2, -0.15) is 13.2 Å². The number of alkyl halides is 3. The van der Waals surface area contributed by atoms with Gasteiger partial charge in [-0.3, -0.25) is 4.90 Å². The van der Waals surface area contributed by atoms with E-state index in [1.165, 1.54) is 6.07 Å². The summed E-state index contributed by atoms with van der Waals surface area (Å²) in [6, 6.07) is 4.80. The van der Waals surface area contributed by atoms with Crippen molar-refractivity contribution >= 4 is 33.5 Å². The van der Waals surface area contributed by atoms with E-state index in [9.17, 15) is 13.2 Å². The monoisotopic (exact) mass is 449 g/mol. The molecule has 2 N–H and O–H groups in total. The van der Waals surface area contributed by atoms with Crippen LogP contribution < -0.4 is 5.32 Å². The second-order valence-electron chi connectivity index (χ2n) is 7.43. The highest BCUT2D eigenvalue weighted by atomic mass is 35.5. The third-order valence-electron chi connectivity index (χ3n) is 5.47. The molecule has 0 amide bonds. The topological polar surface area (TPSA) is 74.7 Å². The van der Waals surface area contributed by atoms with Gasteiger partial charge in [-0.25, -0.2) is 15.0 Å². The Bertz CT molecular complexity index is 1230. The molecule has 5 rings (SSSR count). The van der Waals surface area contributed by atoms with Crippen LogP contribution in [0.1, 0.15) is 5.69 Å². The number of pyridine rings is 1. The van der Waals surface area contributed by atoms with E-state index in [1.54, 1.807) is 24.5 Å². The van der Waals surface area contributed by atoms with E-state index >= 15 is 0 Å². The van der Waals surface area contributed by atoms with Crippen LogP contribution in [0.3, 0.4) is 0 Å². The van der Waals surface area contributed by atoms with Crippen LogP contribution in [0.15, 0.2) is 30.6 Å². The summed E-state index contributed by atoms with van der Waals surface area (Å²) in [7, 11) is 0. The summed E-state index contributed by atoms with van der Waals surface area (Å²) in [5.41, 5.74) is -0.641. The first-order valence-electron chi connectivity index (χ1n) is 9.91. The average molecular weight is 450 g/mol. The minimum Gasteiger partial charge on any atom is -0.342 e.